The van der Waals surface area contributed by atoms with Crippen molar-refractivity contribution in [1.29, 1.82) is 0 Å². The number of sulfone groups is 1. The van der Waals surface area contributed by atoms with Gasteiger partial charge in [-0.1, -0.05) is 26.0 Å². The molecule has 4 amide bonds. The number of carbonyl (C=O) groups excluding carboxylic acids is 3. The molecule has 0 aliphatic carbocycles. The molecule has 37 heavy (non-hydrogen) atoms. The number of hydrogen-bond acceptors (Lipinski definition) is 8. The fourth-order valence-electron chi connectivity index (χ4n) is 4.11. The third-order valence-corrected chi connectivity index (χ3v) is 10.2. The molecule has 13 heteroatoms. The number of rotatable bonds is 7. The van der Waals surface area contributed by atoms with E-state index in [4.69, 9.17) is 10.5 Å². The van der Waals surface area contributed by atoms with Crippen molar-refractivity contribution in [1.82, 2.24) is 10.4 Å². The Morgan fingerprint density at radius 1 is 1.24 bits per heavy atom. The van der Waals surface area contributed by atoms with Gasteiger partial charge >= 0.3 is 12.1 Å². The zero-order valence-corrected chi connectivity index (χ0v) is 22.6. The lowest BCUT2D eigenvalue weighted by Gasteiger charge is -2.30. The SMILES string of the molecule is CC(C)COC(=O)N1CCC(CC(=O)NO)(c2ccc(-c3cccc(N(C)C(N)=O)c3)s2)S(=O)(=O)CC1. The van der Waals surface area contributed by atoms with Crippen LogP contribution in [-0.2, 0) is 24.1 Å². The number of carbonyl (C=O) groups is 3. The first-order chi connectivity index (χ1) is 17.4. The minimum atomic E-state index is -3.96. The summed E-state index contributed by atoms with van der Waals surface area (Å²) < 4.78 is 31.0. The molecule has 0 bridgehead atoms. The molecule has 1 aliphatic rings. The second-order valence-electron chi connectivity index (χ2n) is 9.34. The number of nitrogens with one attached hydrogen (secondary N) is 1. The molecule has 0 saturated carbocycles. The number of hydrogen-bond donors (Lipinski definition) is 3. The Hall–Kier alpha value is -3.16. The lowest BCUT2D eigenvalue weighted by atomic mass is 9.97. The van der Waals surface area contributed by atoms with E-state index in [2.05, 4.69) is 0 Å². The van der Waals surface area contributed by atoms with E-state index in [0.29, 0.717) is 15.4 Å². The van der Waals surface area contributed by atoms with E-state index in [0.717, 1.165) is 5.56 Å². The van der Waals surface area contributed by atoms with Crippen LogP contribution >= 0.6 is 11.3 Å². The van der Waals surface area contributed by atoms with Crippen molar-refractivity contribution in [2.45, 2.75) is 31.4 Å². The smallest absolute Gasteiger partial charge is 0.409 e. The summed E-state index contributed by atoms with van der Waals surface area (Å²) in [5.41, 5.74) is 8.21. The molecule has 0 radical (unpaired) electrons. The van der Waals surface area contributed by atoms with Gasteiger partial charge in [-0.2, -0.15) is 0 Å². The van der Waals surface area contributed by atoms with E-state index >= 15 is 0 Å². The number of primary amides is 1. The van der Waals surface area contributed by atoms with Crippen molar-refractivity contribution in [3.8, 4) is 10.4 Å². The van der Waals surface area contributed by atoms with E-state index in [1.165, 1.54) is 21.1 Å². The van der Waals surface area contributed by atoms with Crippen molar-refractivity contribution >= 4 is 44.9 Å². The van der Waals surface area contributed by atoms with Crippen molar-refractivity contribution in [3.63, 3.8) is 0 Å². The highest BCUT2D eigenvalue weighted by atomic mass is 32.2. The van der Waals surface area contributed by atoms with Crippen LogP contribution in [0, 0.1) is 5.92 Å². The largest absolute Gasteiger partial charge is 0.449 e. The molecule has 1 fully saturated rings. The maximum absolute atomic E-state index is 13.7. The summed E-state index contributed by atoms with van der Waals surface area (Å²) in [6.45, 7) is 3.99. The standard InChI is InChI=1S/C24H32N4O7S2/c1-16(2)15-35-23(31)28-10-9-24(14-21(29)26-32,37(33,34)12-11-28)20-8-7-19(36-20)17-5-4-6-18(13-17)27(3)22(25)30/h4-8,13,16,32H,9-12,14-15H2,1-3H3,(H2,25,30)(H,26,29). The van der Waals surface area contributed by atoms with Gasteiger partial charge in [0.25, 0.3) is 0 Å². The van der Waals surface area contributed by atoms with Crippen LogP contribution in [-0.4, -0.2) is 69.1 Å². The zero-order chi connectivity index (χ0) is 27.4. The number of hydroxylamine groups is 1. The highest BCUT2D eigenvalue weighted by molar-refractivity contribution is 7.92. The fourth-order valence-corrected chi connectivity index (χ4v) is 7.71. The van der Waals surface area contributed by atoms with Crippen LogP contribution in [0.1, 0.15) is 31.6 Å². The Morgan fingerprint density at radius 3 is 2.62 bits per heavy atom. The van der Waals surface area contributed by atoms with Gasteiger partial charge in [0.05, 0.1) is 18.8 Å². The number of amides is 4. The first kappa shape index (κ1) is 28.4. The number of anilines is 1. The van der Waals surface area contributed by atoms with E-state index in [9.17, 15) is 28.0 Å². The Bertz CT molecular complexity index is 1260. The molecule has 1 atom stereocenters. The van der Waals surface area contributed by atoms with Gasteiger partial charge in [-0.15, -0.1) is 11.3 Å². The third kappa shape index (κ3) is 6.22. The summed E-state index contributed by atoms with van der Waals surface area (Å²) in [6, 6.07) is 9.81. The third-order valence-electron chi connectivity index (χ3n) is 6.28. The molecule has 1 aromatic carbocycles. The predicted octanol–water partition coefficient (Wildman–Crippen LogP) is 2.93. The molecule has 4 N–H and O–H groups in total. The molecule has 11 nitrogen and oxygen atoms in total. The molecule has 1 aliphatic heterocycles. The maximum Gasteiger partial charge on any atom is 0.409 e. The van der Waals surface area contributed by atoms with Crippen molar-refractivity contribution in [2.24, 2.45) is 11.7 Å². The maximum atomic E-state index is 13.7. The van der Waals surface area contributed by atoms with Gasteiger partial charge in [-0.25, -0.2) is 23.5 Å². The first-order valence-electron chi connectivity index (χ1n) is 11.7. The molecule has 2 aromatic rings. The number of benzene rings is 1. The monoisotopic (exact) mass is 552 g/mol. The number of urea groups is 1. The summed E-state index contributed by atoms with van der Waals surface area (Å²) >= 11 is 1.20. The average molecular weight is 553 g/mol. The highest BCUT2D eigenvalue weighted by Crippen LogP contribution is 2.45. The second kappa shape index (κ2) is 11.5. The van der Waals surface area contributed by atoms with Crippen LogP contribution in [0.15, 0.2) is 36.4 Å². The van der Waals surface area contributed by atoms with Gasteiger partial charge < -0.3 is 15.4 Å². The molecule has 2 heterocycles. The van der Waals surface area contributed by atoms with Crippen molar-refractivity contribution in [2.75, 3.05) is 37.4 Å². The van der Waals surface area contributed by atoms with Crippen molar-refractivity contribution < 1.29 is 32.7 Å². The molecule has 3 rings (SSSR count). The van der Waals surface area contributed by atoms with E-state index in [1.807, 2.05) is 19.9 Å². The molecule has 1 unspecified atom stereocenters. The average Bonchev–Trinajstić information content (AvgIpc) is 3.31. The van der Waals surface area contributed by atoms with Gasteiger partial charge in [0.15, 0.2) is 9.84 Å². The van der Waals surface area contributed by atoms with Crippen LogP contribution in [0.5, 0.6) is 0 Å². The minimum Gasteiger partial charge on any atom is -0.449 e. The van der Waals surface area contributed by atoms with Gasteiger partial charge in [-0.3, -0.25) is 14.9 Å². The highest BCUT2D eigenvalue weighted by Gasteiger charge is 2.50. The van der Waals surface area contributed by atoms with Crippen LogP contribution < -0.4 is 16.1 Å². The normalized spacial score (nSPS) is 19.2. The first-order valence-corrected chi connectivity index (χ1v) is 14.2. The van der Waals surface area contributed by atoms with E-state index in [-0.39, 0.29) is 37.8 Å². The van der Waals surface area contributed by atoms with Crippen LogP contribution in [0.25, 0.3) is 10.4 Å². The van der Waals surface area contributed by atoms with E-state index < -0.39 is 39.0 Å². The van der Waals surface area contributed by atoms with Crippen LogP contribution in [0.2, 0.25) is 0 Å². The molecule has 1 saturated heterocycles. The van der Waals surface area contributed by atoms with Crippen LogP contribution in [0.3, 0.4) is 0 Å². The zero-order valence-electron chi connectivity index (χ0n) is 21.0. The molecule has 202 valence electrons. The summed E-state index contributed by atoms with van der Waals surface area (Å²) in [5.74, 6) is -1.09. The summed E-state index contributed by atoms with van der Waals surface area (Å²) in [4.78, 5) is 40.2. The summed E-state index contributed by atoms with van der Waals surface area (Å²) in [5, 5.41) is 9.22. The Balaban J connectivity index is 2.00. The molecule has 0 spiro atoms. The summed E-state index contributed by atoms with van der Waals surface area (Å²) in [6.07, 6.45) is -1.16. The minimum absolute atomic E-state index is 0.0516. The van der Waals surface area contributed by atoms with E-state index in [1.54, 1.807) is 42.9 Å². The molecule has 1 aromatic heterocycles. The second-order valence-corrected chi connectivity index (χ2v) is 12.8. The molecular weight excluding hydrogens is 520 g/mol. The lowest BCUT2D eigenvalue weighted by molar-refractivity contribution is -0.129. The fraction of sp³-hybridized carbons (Fsp3) is 0.458. The molecular formula is C24H32N4O7S2. The number of nitrogens with two attached hydrogens (primary N) is 1. The Labute approximate surface area is 220 Å². The van der Waals surface area contributed by atoms with Gasteiger partial charge in [-0.05, 0) is 42.2 Å². The Morgan fingerprint density at radius 2 is 1.97 bits per heavy atom. The Kier molecular flexibility index (Phi) is 8.82. The number of thiophene rings is 1. The van der Waals surface area contributed by atoms with Gasteiger partial charge in [0.1, 0.15) is 4.75 Å². The lowest BCUT2D eigenvalue weighted by Crippen LogP contribution is -2.41. The number of nitrogens with zero attached hydrogens (tertiary/aromatic N) is 2. The van der Waals surface area contributed by atoms with Crippen molar-refractivity contribution in [3.05, 3.63) is 41.3 Å². The van der Waals surface area contributed by atoms with Gasteiger partial charge in [0.2, 0.25) is 5.91 Å². The predicted molar refractivity (Wildman–Crippen MR) is 140 cm³/mol. The number of ether oxygens (including phenoxy) is 1. The van der Waals surface area contributed by atoms with Gasteiger partial charge in [0, 0.05) is 35.6 Å². The van der Waals surface area contributed by atoms with Crippen LogP contribution in [0.4, 0.5) is 15.3 Å². The quantitative estimate of drug-likeness (QED) is 0.352. The summed E-state index contributed by atoms with van der Waals surface area (Å²) in [7, 11) is -2.42. The topological polar surface area (TPSA) is 159 Å².